The van der Waals surface area contributed by atoms with Crippen LogP contribution in [0.15, 0.2) is 72.6 Å². The molecule has 2 aromatic heterocycles. The minimum absolute atomic E-state index is 0. The van der Waals surface area contributed by atoms with Crippen molar-refractivity contribution in [1.29, 1.82) is 0 Å². The number of fused-ring (bicyclic) bond motifs is 4. The van der Waals surface area contributed by atoms with E-state index >= 15 is 0 Å². The van der Waals surface area contributed by atoms with Crippen molar-refractivity contribution in [2.45, 2.75) is 107 Å². The molecule has 3 aromatic carbocycles. The van der Waals surface area contributed by atoms with Crippen molar-refractivity contribution >= 4 is 48.1 Å². The maximum atomic E-state index is 11.7. The van der Waals surface area contributed by atoms with E-state index in [9.17, 15) is 9.90 Å². The zero-order valence-electron chi connectivity index (χ0n) is 32.0. The number of hydrogen-bond acceptors (Lipinski definition) is 3. The van der Waals surface area contributed by atoms with Crippen LogP contribution in [0.1, 0.15) is 112 Å². The number of allylic oxidation sites excluding steroid dienone is 2. The summed E-state index contributed by atoms with van der Waals surface area (Å²) in [5.41, 5.74) is 6.42. The molecule has 0 aliphatic carbocycles. The number of pyridine rings is 1. The smallest absolute Gasteiger partial charge is 0.162 e. The summed E-state index contributed by atoms with van der Waals surface area (Å²) < 4.78 is 4.71. The monoisotopic (exact) mass is 869 g/mol. The molecule has 271 valence electrons. The number of aromatic nitrogens is 1. The zero-order chi connectivity index (χ0) is 36.3. The molecular weight excluding hydrogens is 811 g/mol. The Bertz CT molecular complexity index is 1960. The molecule has 0 spiro atoms. The van der Waals surface area contributed by atoms with Crippen LogP contribution in [-0.4, -0.2) is 10.9 Å². The van der Waals surface area contributed by atoms with E-state index in [1.165, 1.54) is 53.7 Å². The minimum Gasteiger partial charge on any atom is -0.512 e. The molecule has 0 amide bonds. The molecule has 0 unspecified atom stereocenters. The van der Waals surface area contributed by atoms with Gasteiger partial charge in [0, 0.05) is 54.5 Å². The fourth-order valence-corrected chi connectivity index (χ4v) is 8.32. The van der Waals surface area contributed by atoms with Gasteiger partial charge in [0.15, 0.2) is 5.78 Å². The summed E-state index contributed by atoms with van der Waals surface area (Å²) in [6.45, 7) is 26.5. The SMILES string of the molecule is CCC(CC)C(=O)/C=C(\O)C(CC)CC.[CH2-]c1c(-c2c3sc4c(CC(C)(C)C)cccc4c3cc[n+]2[CH2-])cc(C(C)(C)C)c2ccccc12.[Ir]. The third-order valence-electron chi connectivity index (χ3n) is 9.78. The Balaban J connectivity index is 0.000000361. The van der Waals surface area contributed by atoms with Crippen LogP contribution in [0.4, 0.5) is 0 Å². The van der Waals surface area contributed by atoms with E-state index in [1.54, 1.807) is 0 Å². The molecule has 5 aromatic rings. The van der Waals surface area contributed by atoms with Crippen LogP contribution in [0.25, 0.3) is 42.2 Å². The minimum atomic E-state index is 0. The number of nitrogens with zero attached hydrogens (tertiary/aromatic N) is 1. The van der Waals surface area contributed by atoms with Crippen LogP contribution in [0.5, 0.6) is 0 Å². The van der Waals surface area contributed by atoms with E-state index in [2.05, 4.69) is 116 Å². The van der Waals surface area contributed by atoms with Crippen LogP contribution in [0.2, 0.25) is 0 Å². The van der Waals surface area contributed by atoms with Gasteiger partial charge in [-0.05, 0) is 65.3 Å². The maximum absolute atomic E-state index is 11.7. The molecule has 1 radical (unpaired) electrons. The summed E-state index contributed by atoms with van der Waals surface area (Å²) in [7, 11) is 4.41. The van der Waals surface area contributed by atoms with Gasteiger partial charge in [-0.2, -0.15) is 12.5 Å². The average Bonchev–Trinajstić information content (AvgIpc) is 3.41. The Labute approximate surface area is 319 Å². The first-order valence-corrected chi connectivity index (χ1v) is 18.9. The second-order valence-electron chi connectivity index (χ2n) is 15.8. The van der Waals surface area contributed by atoms with Crippen LogP contribution < -0.4 is 4.57 Å². The van der Waals surface area contributed by atoms with E-state index in [1.807, 2.05) is 43.6 Å². The summed E-state index contributed by atoms with van der Waals surface area (Å²) in [4.78, 5) is 11.7. The second-order valence-corrected chi connectivity index (χ2v) is 16.8. The predicted octanol–water partition coefficient (Wildman–Crippen LogP) is 12.7. The number of ketones is 1. The van der Waals surface area contributed by atoms with Gasteiger partial charge in [-0.1, -0.05) is 117 Å². The first kappa shape index (κ1) is 41.3. The summed E-state index contributed by atoms with van der Waals surface area (Å²) >= 11 is 1.90. The molecular formula is C45H58IrNO2S-. The average molecular weight is 869 g/mol. The number of aliphatic hydroxyl groups is 1. The second kappa shape index (κ2) is 16.9. The molecule has 0 fully saturated rings. The van der Waals surface area contributed by atoms with Gasteiger partial charge in [-0.25, -0.2) is 0 Å². The molecule has 5 heteroatoms. The molecule has 5 rings (SSSR count). The van der Waals surface area contributed by atoms with Gasteiger partial charge in [-0.3, -0.25) is 4.79 Å². The van der Waals surface area contributed by atoms with E-state index in [0.29, 0.717) is 0 Å². The molecule has 0 saturated carbocycles. The summed E-state index contributed by atoms with van der Waals surface area (Å²) in [5.74, 6) is 0.547. The molecule has 0 aliphatic rings. The Hall–Kier alpha value is -3.11. The number of thiophene rings is 1. The third-order valence-corrected chi connectivity index (χ3v) is 11.1. The van der Waals surface area contributed by atoms with E-state index in [-0.39, 0.29) is 54.3 Å². The van der Waals surface area contributed by atoms with Crippen molar-refractivity contribution in [3.8, 4) is 11.3 Å². The maximum Gasteiger partial charge on any atom is 0.162 e. The first-order chi connectivity index (χ1) is 23.1. The van der Waals surface area contributed by atoms with Crippen LogP contribution in [0, 0.1) is 31.2 Å². The van der Waals surface area contributed by atoms with Crippen molar-refractivity contribution in [3.05, 3.63) is 103 Å². The number of hydrogen-bond donors (Lipinski definition) is 1. The summed E-state index contributed by atoms with van der Waals surface area (Å²) in [6, 6.07) is 20.0. The van der Waals surface area contributed by atoms with E-state index < -0.39 is 0 Å². The van der Waals surface area contributed by atoms with Crippen LogP contribution in [0.3, 0.4) is 0 Å². The molecule has 50 heavy (non-hydrogen) atoms. The molecule has 0 saturated heterocycles. The Morgan fingerprint density at radius 1 is 0.820 bits per heavy atom. The van der Waals surface area contributed by atoms with Gasteiger partial charge < -0.3 is 9.67 Å². The first-order valence-electron chi connectivity index (χ1n) is 18.1. The van der Waals surface area contributed by atoms with Crippen molar-refractivity contribution in [3.63, 3.8) is 0 Å². The van der Waals surface area contributed by atoms with Crippen molar-refractivity contribution in [1.82, 2.24) is 0 Å². The molecule has 0 aliphatic heterocycles. The van der Waals surface area contributed by atoms with Gasteiger partial charge in [0.25, 0.3) is 0 Å². The van der Waals surface area contributed by atoms with E-state index in [4.69, 9.17) is 0 Å². The van der Waals surface area contributed by atoms with Crippen molar-refractivity contribution in [2.75, 3.05) is 0 Å². The number of benzene rings is 3. The number of aliphatic hydroxyl groups excluding tert-OH is 1. The number of carbonyl (C=O) groups is 1. The van der Waals surface area contributed by atoms with Gasteiger partial charge in [-0.15, -0.1) is 34.4 Å². The van der Waals surface area contributed by atoms with Gasteiger partial charge >= 0.3 is 0 Å². The Kier molecular flexibility index (Phi) is 14.0. The van der Waals surface area contributed by atoms with Gasteiger partial charge in [0.1, 0.15) is 0 Å². The molecule has 0 bridgehead atoms. The number of rotatable bonds is 9. The van der Waals surface area contributed by atoms with E-state index in [0.717, 1.165) is 43.4 Å². The van der Waals surface area contributed by atoms with Crippen LogP contribution in [-0.2, 0) is 36.7 Å². The standard InChI is InChI=1S/C32H34NS.C13H24O2.Ir/c1-20-22-13-9-10-14-23(22)27(32(5,6)7)18-26(20)28-30-25(16-17-33(28)8)24-15-11-12-21(29(24)34-30)19-31(2,3)4;1-5-10(6-2)12(14)9-13(15)11(7-3)8-4;/h9-18H,1,8,19H2,2-7H3;9-11,14H,5-8H2,1-4H3;/q-1;;/b;12-9-;. The summed E-state index contributed by atoms with van der Waals surface area (Å²) in [5, 5.41) is 14.9. The molecule has 0 atom stereocenters. The summed E-state index contributed by atoms with van der Waals surface area (Å²) in [6.07, 6.45) is 8.07. The fraction of sp³-hybridized carbons (Fsp3) is 0.422. The number of carbonyl (C=O) groups excluding carboxylic acids is 1. The predicted molar refractivity (Wildman–Crippen MR) is 213 cm³/mol. The van der Waals surface area contributed by atoms with Crippen LogP contribution >= 0.6 is 11.3 Å². The molecule has 3 nitrogen and oxygen atoms in total. The molecule has 1 N–H and O–H groups in total. The Morgan fingerprint density at radius 3 is 1.94 bits per heavy atom. The van der Waals surface area contributed by atoms with Gasteiger partial charge in [0.2, 0.25) is 0 Å². The van der Waals surface area contributed by atoms with Gasteiger partial charge in [0.05, 0.1) is 17.6 Å². The quantitative estimate of drug-likeness (QED) is 0.0694. The third kappa shape index (κ3) is 9.02. The zero-order valence-corrected chi connectivity index (χ0v) is 35.2. The van der Waals surface area contributed by atoms with Crippen molar-refractivity contribution < 1.29 is 34.6 Å². The van der Waals surface area contributed by atoms with Crippen molar-refractivity contribution in [2.24, 2.45) is 17.3 Å². The molecule has 2 heterocycles. The Morgan fingerprint density at radius 2 is 1.38 bits per heavy atom. The largest absolute Gasteiger partial charge is 0.512 e. The topological polar surface area (TPSA) is 41.2 Å². The fourth-order valence-electron chi connectivity index (χ4n) is 6.94. The normalized spacial score (nSPS) is 12.4.